The van der Waals surface area contributed by atoms with E-state index in [1.807, 2.05) is 0 Å². The lowest BCUT2D eigenvalue weighted by molar-refractivity contribution is -0.105. The van der Waals surface area contributed by atoms with Crippen molar-refractivity contribution in [2.45, 2.75) is 5.50 Å². The summed E-state index contributed by atoms with van der Waals surface area (Å²) >= 11 is 0. The van der Waals surface area contributed by atoms with Gasteiger partial charge in [0.25, 0.3) is 0 Å². The molecule has 2 aliphatic heterocycles. The van der Waals surface area contributed by atoms with Crippen molar-refractivity contribution in [2.75, 3.05) is 0 Å². The second kappa shape index (κ2) is 2.20. The zero-order valence-electron chi connectivity index (χ0n) is 5.56. The van der Waals surface area contributed by atoms with E-state index in [2.05, 4.69) is 5.32 Å². The number of allylic oxidation sites excluding steroid dienone is 1. The lowest BCUT2D eigenvalue weighted by atomic mass is 10.5. The summed E-state index contributed by atoms with van der Waals surface area (Å²) in [5.41, 5.74) is 0.225. The van der Waals surface area contributed by atoms with Crippen LogP contribution in [-0.2, 0) is 15.6 Å². The van der Waals surface area contributed by atoms with Crippen molar-refractivity contribution in [3.8, 4) is 0 Å². The highest BCUT2D eigenvalue weighted by Gasteiger charge is 2.30. The summed E-state index contributed by atoms with van der Waals surface area (Å²) in [7, 11) is -1.03. The van der Waals surface area contributed by atoms with Gasteiger partial charge in [0.05, 0.1) is 16.5 Å². The fourth-order valence-electron chi connectivity index (χ4n) is 1.05. The van der Waals surface area contributed by atoms with E-state index in [0.717, 1.165) is 0 Å². The topological polar surface area (TPSA) is 49.4 Å². The quantitative estimate of drug-likeness (QED) is 0.536. The minimum Gasteiger partial charge on any atom is -0.350 e. The molecule has 11 heavy (non-hydrogen) atoms. The lowest BCUT2D eigenvalue weighted by Crippen LogP contribution is -2.32. The third-order valence-electron chi connectivity index (χ3n) is 1.56. The summed E-state index contributed by atoms with van der Waals surface area (Å²) in [6.07, 6.45) is 4.05. The number of hydrogen-bond acceptors (Lipinski definition) is 4. The van der Waals surface area contributed by atoms with E-state index >= 15 is 0 Å². The van der Waals surface area contributed by atoms with Crippen LogP contribution < -0.4 is 5.32 Å². The van der Waals surface area contributed by atoms with Crippen LogP contribution in [0.4, 0.5) is 0 Å². The van der Waals surface area contributed by atoms with Gasteiger partial charge in [-0.25, -0.2) is 0 Å². The van der Waals surface area contributed by atoms with Crippen LogP contribution in [0.3, 0.4) is 0 Å². The van der Waals surface area contributed by atoms with E-state index in [9.17, 15) is 9.00 Å². The highest BCUT2D eigenvalue weighted by atomic mass is 32.2. The zero-order valence-corrected chi connectivity index (χ0v) is 6.38. The highest BCUT2D eigenvalue weighted by Crippen LogP contribution is 2.19. The van der Waals surface area contributed by atoms with Gasteiger partial charge in [-0.15, -0.1) is 0 Å². The van der Waals surface area contributed by atoms with Crippen LogP contribution in [0.25, 0.3) is 0 Å². The van der Waals surface area contributed by atoms with Crippen molar-refractivity contribution >= 4 is 17.1 Å². The molecule has 0 aromatic rings. The number of aldehydes is 1. The summed E-state index contributed by atoms with van der Waals surface area (Å²) in [5.74, 6) is 0. The van der Waals surface area contributed by atoms with Crippen molar-refractivity contribution in [3.05, 3.63) is 23.5 Å². The molecule has 0 spiro atoms. The third kappa shape index (κ3) is 0.883. The maximum absolute atomic E-state index is 11.1. The molecule has 0 aromatic carbocycles. The fraction of sp³-hybridized carbons (Fsp3) is 0.167. The van der Waals surface area contributed by atoms with E-state index in [-0.39, 0.29) is 5.50 Å². The van der Waals surface area contributed by atoms with Crippen LogP contribution in [0.15, 0.2) is 23.5 Å². The molecule has 0 fully saturated rings. The Hall–Kier alpha value is -1.10. The van der Waals surface area contributed by atoms with Gasteiger partial charge in [-0.3, -0.25) is 9.00 Å². The van der Waals surface area contributed by atoms with E-state index in [4.69, 9.17) is 0 Å². The van der Waals surface area contributed by atoms with E-state index in [1.165, 1.54) is 0 Å². The molecule has 0 saturated heterocycles. The summed E-state index contributed by atoms with van der Waals surface area (Å²) in [6, 6.07) is 0. The number of nitrogens with one attached hydrogen (secondary N) is 1. The van der Waals surface area contributed by atoms with Crippen LogP contribution in [0.1, 0.15) is 0 Å². The Morgan fingerprint density at radius 1 is 1.73 bits per heavy atom. The Balaban J connectivity index is 2.26. The van der Waals surface area contributed by atoms with Crippen LogP contribution >= 0.6 is 0 Å². The Morgan fingerprint density at radius 3 is 3.18 bits per heavy atom. The second-order valence-electron chi connectivity index (χ2n) is 2.26. The SMILES string of the molecule is O=CC1=CN2C=C[S@](=O)[C@@H]2N1. The zero-order chi connectivity index (χ0) is 7.84. The molecule has 0 bridgehead atoms. The van der Waals surface area contributed by atoms with Gasteiger partial charge in [0.2, 0.25) is 0 Å². The first-order valence-electron chi connectivity index (χ1n) is 3.10. The van der Waals surface area contributed by atoms with Crippen LogP contribution in [0.5, 0.6) is 0 Å². The van der Waals surface area contributed by atoms with Crippen LogP contribution in [0, 0.1) is 0 Å². The Kier molecular flexibility index (Phi) is 1.32. The fourth-order valence-corrected chi connectivity index (χ4v) is 2.08. The minimum atomic E-state index is -1.03. The summed E-state index contributed by atoms with van der Waals surface area (Å²) in [6.45, 7) is 0. The molecule has 5 heteroatoms. The van der Waals surface area contributed by atoms with E-state index < -0.39 is 10.8 Å². The van der Waals surface area contributed by atoms with Gasteiger partial charge in [0.15, 0.2) is 11.8 Å². The number of carbonyl (C=O) groups is 1. The van der Waals surface area contributed by atoms with Crippen molar-refractivity contribution in [2.24, 2.45) is 0 Å². The van der Waals surface area contributed by atoms with Crippen molar-refractivity contribution in [3.63, 3.8) is 0 Å². The predicted molar refractivity (Wildman–Crippen MR) is 40.2 cm³/mol. The normalized spacial score (nSPS) is 33.1. The van der Waals surface area contributed by atoms with Crippen molar-refractivity contribution < 1.29 is 9.00 Å². The molecule has 2 atom stereocenters. The Morgan fingerprint density at radius 2 is 2.55 bits per heavy atom. The van der Waals surface area contributed by atoms with Gasteiger partial charge in [-0.2, -0.15) is 0 Å². The van der Waals surface area contributed by atoms with E-state index in [0.29, 0.717) is 12.0 Å². The van der Waals surface area contributed by atoms with Gasteiger partial charge in [-0.1, -0.05) is 0 Å². The second-order valence-corrected chi connectivity index (χ2v) is 3.64. The Labute approximate surface area is 66.0 Å². The summed E-state index contributed by atoms with van der Waals surface area (Å²) in [5, 5.41) is 4.40. The molecular weight excluding hydrogens is 164 g/mol. The summed E-state index contributed by atoms with van der Waals surface area (Å²) in [4.78, 5) is 12.0. The molecule has 0 aliphatic carbocycles. The molecule has 0 radical (unpaired) electrons. The third-order valence-corrected chi connectivity index (χ3v) is 2.75. The molecular formula is C6H6N2O2S. The molecule has 4 nitrogen and oxygen atoms in total. The van der Waals surface area contributed by atoms with Gasteiger partial charge < -0.3 is 10.2 Å². The number of hydrogen-bond donors (Lipinski definition) is 1. The molecule has 0 saturated carbocycles. The summed E-state index contributed by atoms with van der Waals surface area (Å²) < 4.78 is 11.1. The van der Waals surface area contributed by atoms with Crippen LogP contribution in [-0.4, -0.2) is 20.9 Å². The molecule has 2 rings (SSSR count). The average molecular weight is 170 g/mol. The molecule has 0 aromatic heterocycles. The molecule has 0 unspecified atom stereocenters. The van der Waals surface area contributed by atoms with Gasteiger partial charge >= 0.3 is 0 Å². The number of rotatable bonds is 1. The molecule has 2 heterocycles. The minimum absolute atomic E-state index is 0.254. The molecule has 1 N–H and O–H groups in total. The molecule has 2 aliphatic rings. The maximum atomic E-state index is 11.1. The largest absolute Gasteiger partial charge is 0.350 e. The first-order valence-corrected chi connectivity index (χ1v) is 4.37. The van der Waals surface area contributed by atoms with Crippen molar-refractivity contribution in [1.82, 2.24) is 10.2 Å². The highest BCUT2D eigenvalue weighted by molar-refractivity contribution is 7.88. The molecule has 58 valence electrons. The number of fused-ring (bicyclic) bond motifs is 1. The van der Waals surface area contributed by atoms with Crippen molar-refractivity contribution in [1.29, 1.82) is 0 Å². The molecule has 0 amide bonds. The first-order chi connectivity index (χ1) is 5.31. The smallest absolute Gasteiger partial charge is 0.185 e. The predicted octanol–water partition coefficient (Wildman–Crippen LogP) is -0.551. The average Bonchev–Trinajstić information content (AvgIpc) is 2.53. The van der Waals surface area contributed by atoms with Gasteiger partial charge in [-0.05, 0) is 0 Å². The Bertz CT molecular complexity index is 284. The standard InChI is InChI=1S/C6H6N2O2S/c9-4-5-3-8-1-2-11(10)6(8)7-5/h1-4,6-7H/t6-,11+/m1/s1. The van der Waals surface area contributed by atoms with Gasteiger partial charge in [0, 0.05) is 17.8 Å². The van der Waals surface area contributed by atoms with Gasteiger partial charge in [0.1, 0.15) is 0 Å². The first kappa shape index (κ1) is 6.60. The van der Waals surface area contributed by atoms with Crippen LogP contribution in [0.2, 0.25) is 0 Å². The number of carbonyl (C=O) groups excluding carboxylic acids is 1. The lowest BCUT2D eigenvalue weighted by Gasteiger charge is -2.12. The number of nitrogens with zero attached hydrogens (tertiary/aromatic N) is 1. The maximum Gasteiger partial charge on any atom is 0.185 e. The van der Waals surface area contributed by atoms with E-state index in [1.54, 1.807) is 22.7 Å². The monoisotopic (exact) mass is 170 g/mol.